The number of halogens is 2. The van der Waals surface area contributed by atoms with Crippen molar-refractivity contribution < 1.29 is 4.79 Å². The summed E-state index contributed by atoms with van der Waals surface area (Å²) in [6, 6.07) is 9.16. The van der Waals surface area contributed by atoms with Crippen LogP contribution in [0.25, 0.3) is 0 Å². The first kappa shape index (κ1) is 14.0. The van der Waals surface area contributed by atoms with E-state index < -0.39 is 11.8 Å². The normalized spacial score (nSPS) is 12.1. The minimum atomic E-state index is -0.454. The fourth-order valence-electron chi connectivity index (χ4n) is 1.92. The van der Waals surface area contributed by atoms with Crippen LogP contribution < -0.4 is 5.73 Å². The average Bonchev–Trinajstić information content (AvgIpc) is 2.37. The van der Waals surface area contributed by atoms with Gasteiger partial charge in [-0.2, -0.15) is 0 Å². The largest absolute Gasteiger partial charge is 0.369 e. The molecule has 1 unspecified atom stereocenters. The third-order valence-corrected chi connectivity index (χ3v) is 3.60. The van der Waals surface area contributed by atoms with Crippen molar-refractivity contribution in [1.29, 1.82) is 0 Å². The van der Waals surface area contributed by atoms with Crippen LogP contribution in [0, 0.1) is 0 Å². The maximum absolute atomic E-state index is 11.7. The van der Waals surface area contributed by atoms with E-state index in [1.165, 1.54) is 0 Å². The summed E-state index contributed by atoms with van der Waals surface area (Å²) in [4.78, 5) is 15.8. The van der Waals surface area contributed by atoms with Gasteiger partial charge >= 0.3 is 0 Å². The molecule has 1 atom stereocenters. The van der Waals surface area contributed by atoms with Crippen LogP contribution in [0.15, 0.2) is 47.2 Å². The fraction of sp³-hybridized carbons (Fsp3) is 0.143. The molecule has 1 amide bonds. The molecule has 0 spiro atoms. The van der Waals surface area contributed by atoms with Crippen molar-refractivity contribution in [3.63, 3.8) is 0 Å². The second-order valence-electron chi connectivity index (χ2n) is 4.19. The molecule has 2 aromatic rings. The number of amides is 1. The number of carbonyl (C=O) groups is 1. The Bertz CT molecular complexity index is 604. The molecule has 19 heavy (non-hydrogen) atoms. The van der Waals surface area contributed by atoms with Gasteiger partial charge in [0.15, 0.2) is 0 Å². The average molecular weight is 340 g/mol. The lowest BCUT2D eigenvalue weighted by molar-refractivity contribution is -0.119. The molecule has 2 N–H and O–H groups in total. The molecule has 0 saturated carbocycles. The monoisotopic (exact) mass is 338 g/mol. The molecule has 3 nitrogen and oxygen atoms in total. The summed E-state index contributed by atoms with van der Waals surface area (Å²) in [5, 5.41) is 0.550. The number of hydrogen-bond donors (Lipinski definition) is 1. The first-order valence-electron chi connectivity index (χ1n) is 5.71. The summed E-state index contributed by atoms with van der Waals surface area (Å²) in [5.41, 5.74) is 7.17. The van der Waals surface area contributed by atoms with Crippen molar-refractivity contribution in [3.8, 4) is 0 Å². The maximum atomic E-state index is 11.7. The second kappa shape index (κ2) is 6.17. The van der Waals surface area contributed by atoms with E-state index >= 15 is 0 Å². The Morgan fingerprint density at radius 2 is 2.11 bits per heavy atom. The summed E-state index contributed by atoms with van der Waals surface area (Å²) in [5.74, 6) is -0.849. The SMILES string of the molecule is NC(=O)C(Cc1cncc(Br)c1)c1ccccc1Cl. The first-order valence-corrected chi connectivity index (χ1v) is 6.88. The molecule has 98 valence electrons. The summed E-state index contributed by atoms with van der Waals surface area (Å²) >= 11 is 9.48. The minimum Gasteiger partial charge on any atom is -0.369 e. The Balaban J connectivity index is 2.32. The predicted molar refractivity (Wildman–Crippen MR) is 79.0 cm³/mol. The topological polar surface area (TPSA) is 56.0 Å². The van der Waals surface area contributed by atoms with Crippen molar-refractivity contribution in [2.75, 3.05) is 0 Å². The molecule has 0 bridgehead atoms. The van der Waals surface area contributed by atoms with Crippen molar-refractivity contribution in [3.05, 3.63) is 63.3 Å². The Morgan fingerprint density at radius 3 is 2.74 bits per heavy atom. The zero-order chi connectivity index (χ0) is 13.8. The quantitative estimate of drug-likeness (QED) is 0.929. The van der Waals surface area contributed by atoms with Crippen LogP contribution in [0.3, 0.4) is 0 Å². The van der Waals surface area contributed by atoms with Crippen LogP contribution in [0.1, 0.15) is 17.0 Å². The lowest BCUT2D eigenvalue weighted by Crippen LogP contribution is -2.23. The van der Waals surface area contributed by atoms with E-state index in [2.05, 4.69) is 20.9 Å². The van der Waals surface area contributed by atoms with Crippen LogP contribution in [0.2, 0.25) is 5.02 Å². The number of aromatic nitrogens is 1. The van der Waals surface area contributed by atoms with E-state index in [4.69, 9.17) is 17.3 Å². The van der Waals surface area contributed by atoms with Gasteiger partial charge in [0.2, 0.25) is 5.91 Å². The van der Waals surface area contributed by atoms with E-state index in [1.807, 2.05) is 24.3 Å². The van der Waals surface area contributed by atoms with Crippen LogP contribution in [-0.4, -0.2) is 10.9 Å². The lowest BCUT2D eigenvalue weighted by Gasteiger charge is -2.15. The zero-order valence-electron chi connectivity index (χ0n) is 10.0. The molecule has 2 rings (SSSR count). The van der Waals surface area contributed by atoms with E-state index in [0.717, 1.165) is 15.6 Å². The van der Waals surface area contributed by atoms with Crippen LogP contribution in [0.4, 0.5) is 0 Å². The van der Waals surface area contributed by atoms with Gasteiger partial charge in [0.05, 0.1) is 5.92 Å². The smallest absolute Gasteiger partial charge is 0.225 e. The standard InChI is InChI=1S/C14H12BrClN2O/c15-10-5-9(7-18-8-10)6-12(14(17)19)11-3-1-2-4-13(11)16/h1-5,7-8,12H,6H2,(H2,17,19). The highest BCUT2D eigenvalue weighted by atomic mass is 79.9. The minimum absolute atomic E-state index is 0.395. The number of nitrogens with two attached hydrogens (primary N) is 1. The summed E-state index contributed by atoms with van der Waals surface area (Å²) in [6.45, 7) is 0. The Kier molecular flexibility index (Phi) is 4.56. The molecule has 0 aliphatic heterocycles. The highest BCUT2D eigenvalue weighted by molar-refractivity contribution is 9.10. The number of pyridine rings is 1. The number of rotatable bonds is 4. The van der Waals surface area contributed by atoms with Crippen molar-refractivity contribution in [2.24, 2.45) is 5.73 Å². The molecule has 1 aromatic heterocycles. The molecule has 1 aromatic carbocycles. The zero-order valence-corrected chi connectivity index (χ0v) is 12.4. The molecule has 0 aliphatic rings. The maximum Gasteiger partial charge on any atom is 0.225 e. The van der Waals surface area contributed by atoms with Gasteiger partial charge in [0.25, 0.3) is 0 Å². The van der Waals surface area contributed by atoms with Gasteiger partial charge in [0, 0.05) is 21.9 Å². The lowest BCUT2D eigenvalue weighted by atomic mass is 9.92. The van der Waals surface area contributed by atoms with Crippen LogP contribution in [-0.2, 0) is 11.2 Å². The molecule has 0 radical (unpaired) electrons. The van der Waals surface area contributed by atoms with Crippen molar-refractivity contribution in [2.45, 2.75) is 12.3 Å². The molecule has 1 heterocycles. The molecular weight excluding hydrogens is 328 g/mol. The van der Waals surface area contributed by atoms with E-state index in [-0.39, 0.29) is 0 Å². The van der Waals surface area contributed by atoms with Crippen LogP contribution >= 0.6 is 27.5 Å². The molecule has 0 fully saturated rings. The summed E-state index contributed by atoms with van der Waals surface area (Å²) in [7, 11) is 0. The summed E-state index contributed by atoms with van der Waals surface area (Å²) in [6.07, 6.45) is 3.89. The number of hydrogen-bond acceptors (Lipinski definition) is 2. The number of benzene rings is 1. The molecule has 0 saturated heterocycles. The van der Waals surface area contributed by atoms with E-state index in [0.29, 0.717) is 11.4 Å². The number of primary amides is 1. The number of carbonyl (C=O) groups excluding carboxylic acids is 1. The van der Waals surface area contributed by atoms with Gasteiger partial charge in [-0.1, -0.05) is 29.8 Å². The predicted octanol–water partition coefficient (Wildman–Crippen LogP) is 3.31. The second-order valence-corrected chi connectivity index (χ2v) is 5.51. The van der Waals surface area contributed by atoms with E-state index in [9.17, 15) is 4.79 Å². The van der Waals surface area contributed by atoms with Gasteiger partial charge in [-0.3, -0.25) is 9.78 Å². The van der Waals surface area contributed by atoms with Gasteiger partial charge < -0.3 is 5.73 Å². The molecule has 5 heteroatoms. The Labute approximate surface area is 124 Å². The van der Waals surface area contributed by atoms with Gasteiger partial charge in [-0.05, 0) is 45.6 Å². The van der Waals surface area contributed by atoms with Crippen LogP contribution in [0.5, 0.6) is 0 Å². The number of nitrogens with zero attached hydrogens (tertiary/aromatic N) is 1. The van der Waals surface area contributed by atoms with Gasteiger partial charge in [-0.15, -0.1) is 0 Å². The highest BCUT2D eigenvalue weighted by Gasteiger charge is 2.20. The summed E-state index contributed by atoms with van der Waals surface area (Å²) < 4.78 is 0.868. The van der Waals surface area contributed by atoms with Crippen molar-refractivity contribution in [1.82, 2.24) is 4.98 Å². The highest BCUT2D eigenvalue weighted by Crippen LogP contribution is 2.27. The Morgan fingerprint density at radius 1 is 1.37 bits per heavy atom. The van der Waals surface area contributed by atoms with Gasteiger partial charge in [0.1, 0.15) is 0 Å². The Hall–Kier alpha value is -1.39. The fourth-order valence-corrected chi connectivity index (χ4v) is 2.60. The van der Waals surface area contributed by atoms with Crippen molar-refractivity contribution >= 4 is 33.4 Å². The first-order chi connectivity index (χ1) is 9.08. The van der Waals surface area contributed by atoms with E-state index in [1.54, 1.807) is 18.5 Å². The molecular formula is C14H12BrClN2O. The van der Waals surface area contributed by atoms with Gasteiger partial charge in [-0.25, -0.2) is 0 Å². The third kappa shape index (κ3) is 3.55. The third-order valence-electron chi connectivity index (χ3n) is 2.83. The molecule has 0 aliphatic carbocycles.